The number of nitrogens with zero attached hydrogens (tertiary/aromatic N) is 1. The summed E-state index contributed by atoms with van der Waals surface area (Å²) in [4.78, 5) is 2.59. The molecule has 106 valence electrons. The van der Waals surface area contributed by atoms with Crippen molar-refractivity contribution in [3.8, 4) is 0 Å². The molecule has 1 fully saturated rings. The average Bonchev–Trinajstić information content (AvgIpc) is 2.38. The molecule has 1 aliphatic rings. The van der Waals surface area contributed by atoms with Crippen molar-refractivity contribution in [3.63, 3.8) is 0 Å². The van der Waals surface area contributed by atoms with Crippen LogP contribution in [0.2, 0.25) is 0 Å². The molecule has 2 N–H and O–H groups in total. The van der Waals surface area contributed by atoms with Gasteiger partial charge in [-0.1, -0.05) is 32.0 Å². The summed E-state index contributed by atoms with van der Waals surface area (Å²) in [5.41, 5.74) is 8.99. The Morgan fingerprint density at radius 3 is 2.63 bits per heavy atom. The summed E-state index contributed by atoms with van der Waals surface area (Å²) >= 11 is 0. The van der Waals surface area contributed by atoms with Gasteiger partial charge in [-0.15, -0.1) is 0 Å². The highest BCUT2D eigenvalue weighted by Gasteiger charge is 2.34. The highest BCUT2D eigenvalue weighted by atomic mass is 15.2. The summed E-state index contributed by atoms with van der Waals surface area (Å²) in [6, 6.07) is 8.84. The molecule has 1 unspecified atom stereocenters. The third kappa shape index (κ3) is 2.94. The molecule has 0 aromatic heterocycles. The predicted molar refractivity (Wildman–Crippen MR) is 83.7 cm³/mol. The van der Waals surface area contributed by atoms with Crippen molar-refractivity contribution in [2.45, 2.75) is 52.0 Å². The molecule has 19 heavy (non-hydrogen) atoms. The van der Waals surface area contributed by atoms with Crippen molar-refractivity contribution in [1.29, 1.82) is 0 Å². The number of anilines is 1. The van der Waals surface area contributed by atoms with Gasteiger partial charge in [0.05, 0.1) is 0 Å². The van der Waals surface area contributed by atoms with Gasteiger partial charge >= 0.3 is 0 Å². The van der Waals surface area contributed by atoms with Gasteiger partial charge in [0.15, 0.2) is 0 Å². The quantitative estimate of drug-likeness (QED) is 0.896. The lowest BCUT2D eigenvalue weighted by atomic mass is 9.83. The minimum Gasteiger partial charge on any atom is -0.366 e. The standard InChI is InChI=1S/C17H28N2/c1-13(2)15-7-5-6-8-16(15)19-12-14(11-18)9-10-17(19,3)4/h5-8,13-14H,9-12,18H2,1-4H3. The lowest BCUT2D eigenvalue weighted by molar-refractivity contribution is 0.294. The molecule has 2 rings (SSSR count). The van der Waals surface area contributed by atoms with Crippen LogP contribution in [0.15, 0.2) is 24.3 Å². The Balaban J connectivity index is 2.37. The van der Waals surface area contributed by atoms with E-state index in [9.17, 15) is 0 Å². The summed E-state index contributed by atoms with van der Waals surface area (Å²) in [5.74, 6) is 1.19. The second kappa shape index (κ2) is 5.54. The van der Waals surface area contributed by atoms with Gasteiger partial charge in [0.2, 0.25) is 0 Å². The van der Waals surface area contributed by atoms with E-state index in [1.165, 1.54) is 24.1 Å². The first kappa shape index (κ1) is 14.4. The third-order valence-electron chi connectivity index (χ3n) is 4.52. The van der Waals surface area contributed by atoms with Crippen molar-refractivity contribution >= 4 is 5.69 Å². The Labute approximate surface area is 118 Å². The molecule has 1 aromatic rings. The Hall–Kier alpha value is -1.02. The van der Waals surface area contributed by atoms with Crippen LogP contribution in [0.5, 0.6) is 0 Å². The molecule has 1 aromatic carbocycles. The SMILES string of the molecule is CC(C)c1ccccc1N1CC(CN)CCC1(C)C. The monoisotopic (exact) mass is 260 g/mol. The first-order valence-electron chi connectivity index (χ1n) is 7.52. The number of hydrogen-bond acceptors (Lipinski definition) is 2. The minimum atomic E-state index is 0.233. The van der Waals surface area contributed by atoms with Crippen LogP contribution in [-0.2, 0) is 0 Å². The van der Waals surface area contributed by atoms with E-state index in [4.69, 9.17) is 5.73 Å². The molecule has 1 saturated heterocycles. The molecule has 1 aliphatic heterocycles. The second-order valence-electron chi connectivity index (χ2n) is 6.78. The lowest BCUT2D eigenvalue weighted by Gasteiger charge is -2.48. The Bertz CT molecular complexity index is 423. The summed E-state index contributed by atoms with van der Waals surface area (Å²) in [7, 11) is 0. The van der Waals surface area contributed by atoms with E-state index in [2.05, 4.69) is 56.9 Å². The van der Waals surface area contributed by atoms with Gasteiger partial charge < -0.3 is 10.6 Å². The van der Waals surface area contributed by atoms with Gasteiger partial charge in [-0.3, -0.25) is 0 Å². The zero-order valence-electron chi connectivity index (χ0n) is 12.8. The Morgan fingerprint density at radius 2 is 2.00 bits per heavy atom. The van der Waals surface area contributed by atoms with Crippen molar-refractivity contribution < 1.29 is 0 Å². The predicted octanol–water partition coefficient (Wildman–Crippen LogP) is 3.76. The molecular formula is C17H28N2. The fourth-order valence-corrected chi connectivity index (χ4v) is 3.13. The first-order chi connectivity index (χ1) is 8.95. The van der Waals surface area contributed by atoms with Crippen LogP contribution in [-0.4, -0.2) is 18.6 Å². The van der Waals surface area contributed by atoms with Crippen LogP contribution in [0, 0.1) is 5.92 Å². The van der Waals surface area contributed by atoms with E-state index in [1.54, 1.807) is 0 Å². The molecule has 2 heteroatoms. The molecule has 0 spiro atoms. The van der Waals surface area contributed by atoms with Gasteiger partial charge in [0.25, 0.3) is 0 Å². The third-order valence-corrected chi connectivity index (χ3v) is 4.52. The van der Waals surface area contributed by atoms with Gasteiger partial charge in [-0.2, -0.15) is 0 Å². The van der Waals surface area contributed by atoms with Crippen LogP contribution in [0.3, 0.4) is 0 Å². The van der Waals surface area contributed by atoms with Crippen LogP contribution >= 0.6 is 0 Å². The summed E-state index contributed by atoms with van der Waals surface area (Å²) in [6.07, 6.45) is 2.48. The van der Waals surface area contributed by atoms with Crippen molar-refractivity contribution in [2.75, 3.05) is 18.0 Å². The van der Waals surface area contributed by atoms with Gasteiger partial charge in [0, 0.05) is 17.8 Å². The average molecular weight is 260 g/mol. The minimum absolute atomic E-state index is 0.233. The molecule has 1 heterocycles. The lowest BCUT2D eigenvalue weighted by Crippen LogP contribution is -2.52. The van der Waals surface area contributed by atoms with Crippen LogP contribution in [0.4, 0.5) is 5.69 Å². The van der Waals surface area contributed by atoms with Gasteiger partial charge in [-0.05, 0) is 56.7 Å². The Morgan fingerprint density at radius 1 is 1.32 bits per heavy atom. The molecule has 0 aliphatic carbocycles. The maximum atomic E-state index is 5.90. The molecule has 1 atom stereocenters. The zero-order chi connectivity index (χ0) is 14.0. The van der Waals surface area contributed by atoms with E-state index < -0.39 is 0 Å². The molecule has 0 bridgehead atoms. The summed E-state index contributed by atoms with van der Waals surface area (Å²) in [6.45, 7) is 11.2. The zero-order valence-corrected chi connectivity index (χ0v) is 12.8. The fraction of sp³-hybridized carbons (Fsp3) is 0.647. The number of piperidine rings is 1. The fourth-order valence-electron chi connectivity index (χ4n) is 3.13. The van der Waals surface area contributed by atoms with E-state index >= 15 is 0 Å². The molecule has 0 saturated carbocycles. The van der Waals surface area contributed by atoms with E-state index in [0.29, 0.717) is 11.8 Å². The largest absolute Gasteiger partial charge is 0.366 e. The number of para-hydroxylation sites is 1. The normalized spacial score (nSPS) is 22.8. The highest BCUT2D eigenvalue weighted by molar-refractivity contribution is 5.57. The number of hydrogen-bond donors (Lipinski definition) is 1. The first-order valence-corrected chi connectivity index (χ1v) is 7.52. The summed E-state index contributed by atoms with van der Waals surface area (Å²) < 4.78 is 0. The number of nitrogens with two attached hydrogens (primary N) is 1. The van der Waals surface area contributed by atoms with E-state index in [-0.39, 0.29) is 5.54 Å². The summed E-state index contributed by atoms with van der Waals surface area (Å²) in [5, 5.41) is 0. The molecule has 0 amide bonds. The van der Waals surface area contributed by atoms with Crippen LogP contribution in [0.1, 0.15) is 52.0 Å². The van der Waals surface area contributed by atoms with Crippen molar-refractivity contribution in [2.24, 2.45) is 11.7 Å². The maximum Gasteiger partial charge on any atom is 0.0405 e. The van der Waals surface area contributed by atoms with Gasteiger partial charge in [0.1, 0.15) is 0 Å². The van der Waals surface area contributed by atoms with Crippen LogP contribution in [0.25, 0.3) is 0 Å². The smallest absolute Gasteiger partial charge is 0.0405 e. The van der Waals surface area contributed by atoms with Crippen LogP contribution < -0.4 is 10.6 Å². The second-order valence-corrected chi connectivity index (χ2v) is 6.78. The molecule has 0 radical (unpaired) electrons. The Kier molecular flexibility index (Phi) is 4.19. The maximum absolute atomic E-state index is 5.90. The van der Waals surface area contributed by atoms with Gasteiger partial charge in [-0.25, -0.2) is 0 Å². The topological polar surface area (TPSA) is 29.3 Å². The number of rotatable bonds is 3. The number of benzene rings is 1. The van der Waals surface area contributed by atoms with E-state index in [0.717, 1.165) is 13.1 Å². The van der Waals surface area contributed by atoms with Crippen molar-refractivity contribution in [1.82, 2.24) is 0 Å². The highest BCUT2D eigenvalue weighted by Crippen LogP contribution is 2.38. The van der Waals surface area contributed by atoms with E-state index in [1.807, 2.05) is 0 Å². The molecular weight excluding hydrogens is 232 g/mol. The molecule has 2 nitrogen and oxygen atoms in total. The van der Waals surface area contributed by atoms with Crippen molar-refractivity contribution in [3.05, 3.63) is 29.8 Å².